The molecule has 0 aromatic carbocycles. The second-order valence-corrected chi connectivity index (χ2v) is 7.63. The maximum absolute atomic E-state index is 2.64. The van der Waals surface area contributed by atoms with Crippen LogP contribution in [0, 0.1) is 5.41 Å². The average Bonchev–Trinajstić information content (AvgIpc) is 3.29. The van der Waals surface area contributed by atoms with Crippen molar-refractivity contribution in [3.63, 3.8) is 0 Å². The predicted octanol–water partition coefficient (Wildman–Crippen LogP) is 6.80. The lowest BCUT2D eigenvalue weighted by Gasteiger charge is -2.44. The van der Waals surface area contributed by atoms with Crippen molar-refractivity contribution >= 4 is 0 Å². The van der Waals surface area contributed by atoms with Gasteiger partial charge in [-0.25, -0.2) is 0 Å². The number of allylic oxidation sites excluding steroid dienone is 8. The zero-order chi connectivity index (χ0) is 14.8. The van der Waals surface area contributed by atoms with E-state index in [0.29, 0.717) is 5.41 Å². The Kier molecular flexibility index (Phi) is 4.11. The third-order valence-corrected chi connectivity index (χ3v) is 6.38. The van der Waals surface area contributed by atoms with Crippen LogP contribution in [0.2, 0.25) is 0 Å². The maximum Gasteiger partial charge on any atom is 0.0370 e. The first kappa shape index (κ1) is 14.5. The van der Waals surface area contributed by atoms with Gasteiger partial charge < -0.3 is 0 Å². The smallest absolute Gasteiger partial charge is 0.0370 e. The van der Waals surface area contributed by atoms with Crippen molar-refractivity contribution in [3.8, 4) is 0 Å². The van der Waals surface area contributed by atoms with Gasteiger partial charge >= 0.3 is 0 Å². The lowest BCUT2D eigenvalue weighted by Crippen LogP contribution is -2.32. The molecule has 0 aromatic heterocycles. The minimum atomic E-state index is 0.325. The fourth-order valence-corrected chi connectivity index (χ4v) is 5.40. The lowest BCUT2D eigenvalue weighted by molar-refractivity contribution is 0.400. The minimum absolute atomic E-state index is 0.325. The molecule has 0 saturated carbocycles. The van der Waals surface area contributed by atoms with Gasteiger partial charge in [0.25, 0.3) is 0 Å². The van der Waals surface area contributed by atoms with Crippen LogP contribution in [-0.4, -0.2) is 0 Å². The normalized spacial score (nSPS) is 32.4. The summed E-state index contributed by atoms with van der Waals surface area (Å²) in [5.74, 6) is 0. The molecule has 1 unspecified atom stereocenters. The van der Waals surface area contributed by atoms with E-state index < -0.39 is 0 Å². The molecule has 0 aliphatic heterocycles. The largest absolute Gasteiger partial charge is 0.0841 e. The third-order valence-electron chi connectivity index (χ3n) is 6.38. The van der Waals surface area contributed by atoms with E-state index in [1.54, 1.807) is 22.3 Å². The molecule has 0 spiro atoms. The van der Waals surface area contributed by atoms with E-state index in [2.05, 4.69) is 24.3 Å². The van der Waals surface area contributed by atoms with Gasteiger partial charge in [0, 0.05) is 5.41 Å². The molecule has 118 valence electrons. The summed E-state index contributed by atoms with van der Waals surface area (Å²) in [7, 11) is 0. The van der Waals surface area contributed by atoms with Crippen LogP contribution in [-0.2, 0) is 0 Å². The summed E-state index contributed by atoms with van der Waals surface area (Å²) in [5.41, 5.74) is 7.37. The summed E-state index contributed by atoms with van der Waals surface area (Å²) >= 11 is 0. The Balaban J connectivity index is 1.83. The van der Waals surface area contributed by atoms with E-state index in [1.165, 1.54) is 83.5 Å². The molecule has 4 aliphatic carbocycles. The summed E-state index contributed by atoms with van der Waals surface area (Å²) in [6.45, 7) is 0. The van der Waals surface area contributed by atoms with Gasteiger partial charge in [0.2, 0.25) is 0 Å². The molecule has 0 heterocycles. The van der Waals surface area contributed by atoms with E-state index in [0.717, 1.165) is 0 Å². The predicted molar refractivity (Wildman–Crippen MR) is 94.8 cm³/mol. The van der Waals surface area contributed by atoms with E-state index in [-0.39, 0.29) is 0 Å². The van der Waals surface area contributed by atoms with Crippen molar-refractivity contribution in [2.75, 3.05) is 0 Å². The van der Waals surface area contributed by atoms with Gasteiger partial charge in [-0.15, -0.1) is 0 Å². The quantitative estimate of drug-likeness (QED) is 0.502. The summed E-state index contributed by atoms with van der Waals surface area (Å²) < 4.78 is 0. The molecule has 0 bridgehead atoms. The fourth-order valence-electron chi connectivity index (χ4n) is 5.40. The molecule has 0 saturated heterocycles. The topological polar surface area (TPSA) is 0 Å². The van der Waals surface area contributed by atoms with Crippen molar-refractivity contribution < 1.29 is 0 Å². The first-order valence-electron chi connectivity index (χ1n) is 9.70. The highest BCUT2D eigenvalue weighted by molar-refractivity contribution is 5.53. The number of rotatable bonds is 3. The van der Waals surface area contributed by atoms with Crippen molar-refractivity contribution in [3.05, 3.63) is 46.6 Å². The molecule has 0 heteroatoms. The van der Waals surface area contributed by atoms with Gasteiger partial charge in [-0.1, -0.05) is 35.5 Å². The zero-order valence-corrected chi connectivity index (χ0v) is 14.0. The Labute approximate surface area is 136 Å². The molecular weight excluding hydrogens is 264 g/mol. The van der Waals surface area contributed by atoms with Crippen LogP contribution in [0.4, 0.5) is 0 Å². The molecule has 0 radical (unpaired) electrons. The summed E-state index contributed by atoms with van der Waals surface area (Å²) in [4.78, 5) is 0. The van der Waals surface area contributed by atoms with Crippen LogP contribution >= 0.6 is 0 Å². The van der Waals surface area contributed by atoms with Crippen LogP contribution in [0.25, 0.3) is 0 Å². The van der Waals surface area contributed by atoms with Crippen LogP contribution in [0.1, 0.15) is 83.5 Å². The Bertz CT molecular complexity index is 555. The standard InChI is InChI=1S/C22H30/c1-2-12-19(13-3-1)22(20-14-6-7-15-20)17-9-8-16-21(22)18-10-4-5-11-18/h10,12,14,16H,1-9,11,13,15,17H2. The van der Waals surface area contributed by atoms with Gasteiger partial charge in [0.05, 0.1) is 0 Å². The van der Waals surface area contributed by atoms with Gasteiger partial charge in [-0.2, -0.15) is 0 Å². The summed E-state index contributed by atoms with van der Waals surface area (Å²) in [5, 5.41) is 0. The highest BCUT2D eigenvalue weighted by Crippen LogP contribution is 2.57. The highest BCUT2D eigenvalue weighted by Gasteiger charge is 2.43. The van der Waals surface area contributed by atoms with Crippen LogP contribution in [0.5, 0.6) is 0 Å². The number of hydrogen-bond acceptors (Lipinski definition) is 0. The Morgan fingerprint density at radius 2 is 1.27 bits per heavy atom. The molecule has 0 aromatic rings. The molecule has 0 N–H and O–H groups in total. The third kappa shape index (κ3) is 2.36. The van der Waals surface area contributed by atoms with E-state index in [4.69, 9.17) is 0 Å². The van der Waals surface area contributed by atoms with Crippen molar-refractivity contribution in [2.45, 2.75) is 83.5 Å². The lowest BCUT2D eigenvalue weighted by atomic mass is 9.59. The van der Waals surface area contributed by atoms with Crippen molar-refractivity contribution in [2.24, 2.45) is 5.41 Å². The Morgan fingerprint density at radius 1 is 0.591 bits per heavy atom. The Hall–Kier alpha value is -1.04. The summed E-state index contributed by atoms with van der Waals surface area (Å²) in [6, 6.07) is 0. The van der Waals surface area contributed by atoms with Gasteiger partial charge in [0.1, 0.15) is 0 Å². The van der Waals surface area contributed by atoms with Crippen LogP contribution in [0.3, 0.4) is 0 Å². The molecule has 22 heavy (non-hydrogen) atoms. The highest BCUT2D eigenvalue weighted by atomic mass is 14.5. The minimum Gasteiger partial charge on any atom is -0.0841 e. The number of hydrogen-bond donors (Lipinski definition) is 0. The first-order chi connectivity index (χ1) is 10.9. The molecule has 0 amide bonds. The van der Waals surface area contributed by atoms with Gasteiger partial charge in [0.15, 0.2) is 0 Å². The van der Waals surface area contributed by atoms with Crippen LogP contribution in [0.15, 0.2) is 46.6 Å². The molecule has 0 fully saturated rings. The molecular formula is C22H30. The molecule has 4 aliphatic rings. The van der Waals surface area contributed by atoms with E-state index >= 15 is 0 Å². The van der Waals surface area contributed by atoms with E-state index in [1.807, 2.05) is 0 Å². The average molecular weight is 294 g/mol. The molecule has 0 nitrogen and oxygen atoms in total. The van der Waals surface area contributed by atoms with E-state index in [9.17, 15) is 0 Å². The fraction of sp³-hybridized carbons (Fsp3) is 0.636. The zero-order valence-electron chi connectivity index (χ0n) is 14.0. The van der Waals surface area contributed by atoms with Gasteiger partial charge in [-0.3, -0.25) is 0 Å². The van der Waals surface area contributed by atoms with Gasteiger partial charge in [-0.05, 0) is 94.6 Å². The second kappa shape index (κ2) is 6.22. The summed E-state index contributed by atoms with van der Waals surface area (Å²) in [6.07, 6.45) is 28.0. The SMILES string of the molecule is C1=C(C2=CCCCC2(C2=CCCC2)C2=CCCCC2)CCC1. The second-order valence-electron chi connectivity index (χ2n) is 7.63. The monoisotopic (exact) mass is 294 g/mol. The molecule has 1 atom stereocenters. The molecule has 4 rings (SSSR count). The van der Waals surface area contributed by atoms with Crippen LogP contribution < -0.4 is 0 Å². The van der Waals surface area contributed by atoms with Crippen molar-refractivity contribution in [1.29, 1.82) is 0 Å². The first-order valence-corrected chi connectivity index (χ1v) is 9.70. The van der Waals surface area contributed by atoms with Crippen molar-refractivity contribution in [1.82, 2.24) is 0 Å². The maximum atomic E-state index is 2.64. The Morgan fingerprint density at radius 3 is 1.95 bits per heavy atom.